The lowest BCUT2D eigenvalue weighted by molar-refractivity contribution is 0.103. The second-order valence-corrected chi connectivity index (χ2v) is 4.16. The highest BCUT2D eigenvalue weighted by Crippen LogP contribution is 2.15. The minimum atomic E-state index is -0.0804. The largest absolute Gasteiger partial charge is 0.340 e. The number of hydrogen-bond acceptors (Lipinski definition) is 3. The third-order valence-electron chi connectivity index (χ3n) is 2.81. The molecule has 2 aromatic heterocycles. The lowest BCUT2D eigenvalue weighted by Crippen LogP contribution is -2.01. The molecular formula is C14H11N3O. The van der Waals surface area contributed by atoms with Crippen LogP contribution < -0.4 is 0 Å². The molecule has 0 saturated heterocycles. The molecule has 0 atom stereocenters. The third kappa shape index (κ3) is 1.78. The standard InChI is InChI=1S/C14H11N3O/c1-17-8-13(16-9-17)14(18)11-5-4-10-3-2-6-15-12(10)7-11/h2-9H,1H3. The van der Waals surface area contributed by atoms with Crippen molar-refractivity contribution in [2.45, 2.75) is 0 Å². The summed E-state index contributed by atoms with van der Waals surface area (Å²) in [5.41, 5.74) is 1.88. The number of hydrogen-bond donors (Lipinski definition) is 0. The lowest BCUT2D eigenvalue weighted by Gasteiger charge is -2.00. The van der Waals surface area contributed by atoms with Crippen molar-refractivity contribution in [2.24, 2.45) is 7.05 Å². The molecule has 0 radical (unpaired) electrons. The SMILES string of the molecule is Cn1cnc(C(=O)c2ccc3cccnc3c2)c1. The summed E-state index contributed by atoms with van der Waals surface area (Å²) in [6.07, 6.45) is 5.05. The van der Waals surface area contributed by atoms with Crippen LogP contribution >= 0.6 is 0 Å². The van der Waals surface area contributed by atoms with Gasteiger partial charge in [0, 0.05) is 30.4 Å². The van der Waals surface area contributed by atoms with E-state index in [2.05, 4.69) is 9.97 Å². The van der Waals surface area contributed by atoms with Crippen molar-refractivity contribution < 1.29 is 4.79 Å². The smallest absolute Gasteiger partial charge is 0.212 e. The van der Waals surface area contributed by atoms with E-state index in [0.717, 1.165) is 10.9 Å². The molecule has 1 aromatic carbocycles. The molecule has 0 bridgehead atoms. The van der Waals surface area contributed by atoms with Crippen LogP contribution in [0.25, 0.3) is 10.9 Å². The fourth-order valence-corrected chi connectivity index (χ4v) is 1.89. The van der Waals surface area contributed by atoms with E-state index in [-0.39, 0.29) is 5.78 Å². The van der Waals surface area contributed by atoms with Crippen LogP contribution in [0.15, 0.2) is 49.1 Å². The van der Waals surface area contributed by atoms with Crippen LogP contribution in [0, 0.1) is 0 Å². The van der Waals surface area contributed by atoms with E-state index < -0.39 is 0 Å². The Kier molecular flexibility index (Phi) is 2.41. The second-order valence-electron chi connectivity index (χ2n) is 4.16. The van der Waals surface area contributed by atoms with Gasteiger partial charge in [0.05, 0.1) is 11.8 Å². The van der Waals surface area contributed by atoms with Crippen molar-refractivity contribution >= 4 is 16.7 Å². The zero-order valence-electron chi connectivity index (χ0n) is 9.87. The number of pyridine rings is 1. The van der Waals surface area contributed by atoms with E-state index >= 15 is 0 Å². The van der Waals surface area contributed by atoms with Crippen LogP contribution in [0.5, 0.6) is 0 Å². The molecule has 0 amide bonds. The molecule has 88 valence electrons. The van der Waals surface area contributed by atoms with Crippen LogP contribution in [0.1, 0.15) is 16.1 Å². The summed E-state index contributed by atoms with van der Waals surface area (Å²) in [4.78, 5) is 20.5. The molecular weight excluding hydrogens is 226 g/mol. The summed E-state index contributed by atoms with van der Waals surface area (Å²) in [5.74, 6) is -0.0804. The first-order valence-electron chi connectivity index (χ1n) is 5.61. The van der Waals surface area contributed by atoms with Gasteiger partial charge in [0.15, 0.2) is 0 Å². The molecule has 0 N–H and O–H groups in total. The Bertz CT molecular complexity index is 730. The highest BCUT2D eigenvalue weighted by Gasteiger charge is 2.12. The average molecular weight is 237 g/mol. The van der Waals surface area contributed by atoms with Crippen molar-refractivity contribution in [1.29, 1.82) is 0 Å². The number of rotatable bonds is 2. The van der Waals surface area contributed by atoms with Gasteiger partial charge in [-0.05, 0) is 12.1 Å². The average Bonchev–Trinajstić information content (AvgIpc) is 2.84. The predicted molar refractivity (Wildman–Crippen MR) is 68.4 cm³/mol. The number of carbonyl (C=O) groups excluding carboxylic acids is 1. The molecule has 0 fully saturated rings. The molecule has 3 aromatic rings. The summed E-state index contributed by atoms with van der Waals surface area (Å²) in [6, 6.07) is 9.35. The number of aromatic nitrogens is 3. The zero-order valence-corrected chi connectivity index (χ0v) is 9.87. The first-order chi connectivity index (χ1) is 8.74. The van der Waals surface area contributed by atoms with Crippen LogP contribution in [-0.2, 0) is 7.05 Å². The zero-order chi connectivity index (χ0) is 12.5. The quantitative estimate of drug-likeness (QED) is 0.642. The van der Waals surface area contributed by atoms with Crippen molar-refractivity contribution in [2.75, 3.05) is 0 Å². The highest BCUT2D eigenvalue weighted by molar-refractivity contribution is 6.09. The fraction of sp³-hybridized carbons (Fsp3) is 0.0714. The van der Waals surface area contributed by atoms with Crippen molar-refractivity contribution in [1.82, 2.24) is 14.5 Å². The molecule has 4 nitrogen and oxygen atoms in total. The van der Waals surface area contributed by atoms with Gasteiger partial charge >= 0.3 is 0 Å². The van der Waals surface area contributed by atoms with Crippen LogP contribution in [0.4, 0.5) is 0 Å². The van der Waals surface area contributed by atoms with Gasteiger partial charge in [-0.25, -0.2) is 4.98 Å². The summed E-state index contributed by atoms with van der Waals surface area (Å²) >= 11 is 0. The second kappa shape index (κ2) is 4.07. The molecule has 0 unspecified atom stereocenters. The van der Waals surface area contributed by atoms with Crippen molar-refractivity contribution in [3.63, 3.8) is 0 Å². The lowest BCUT2D eigenvalue weighted by atomic mass is 10.1. The Morgan fingerprint density at radius 1 is 1.22 bits per heavy atom. The fourth-order valence-electron chi connectivity index (χ4n) is 1.89. The maximum atomic E-state index is 12.2. The van der Waals surface area contributed by atoms with Gasteiger partial charge in [-0.15, -0.1) is 0 Å². The van der Waals surface area contributed by atoms with E-state index in [0.29, 0.717) is 11.3 Å². The Hall–Kier alpha value is -2.49. The number of nitrogens with zero attached hydrogens (tertiary/aromatic N) is 3. The van der Waals surface area contributed by atoms with Crippen LogP contribution in [0.2, 0.25) is 0 Å². The van der Waals surface area contributed by atoms with E-state index in [1.54, 1.807) is 35.4 Å². The van der Waals surface area contributed by atoms with Gasteiger partial charge in [-0.2, -0.15) is 0 Å². The maximum absolute atomic E-state index is 12.2. The molecule has 3 rings (SSSR count). The predicted octanol–water partition coefficient (Wildman–Crippen LogP) is 2.20. The number of carbonyl (C=O) groups is 1. The first kappa shape index (κ1) is 10.7. The van der Waals surface area contributed by atoms with Gasteiger partial charge in [0.1, 0.15) is 5.69 Å². The van der Waals surface area contributed by atoms with Gasteiger partial charge in [-0.3, -0.25) is 9.78 Å². The van der Waals surface area contributed by atoms with Gasteiger partial charge in [0.2, 0.25) is 5.78 Å². The first-order valence-corrected chi connectivity index (χ1v) is 5.61. The van der Waals surface area contributed by atoms with E-state index in [9.17, 15) is 4.79 Å². The third-order valence-corrected chi connectivity index (χ3v) is 2.81. The number of fused-ring (bicyclic) bond motifs is 1. The summed E-state index contributed by atoms with van der Waals surface area (Å²) in [6.45, 7) is 0. The van der Waals surface area contributed by atoms with Crippen LogP contribution in [0.3, 0.4) is 0 Å². The van der Waals surface area contributed by atoms with Gasteiger partial charge in [0.25, 0.3) is 0 Å². The van der Waals surface area contributed by atoms with Gasteiger partial charge in [-0.1, -0.05) is 18.2 Å². The maximum Gasteiger partial charge on any atom is 0.212 e. The highest BCUT2D eigenvalue weighted by atomic mass is 16.1. The van der Waals surface area contributed by atoms with E-state index in [1.807, 2.05) is 25.2 Å². The minimum Gasteiger partial charge on any atom is -0.340 e. The van der Waals surface area contributed by atoms with Crippen LogP contribution in [-0.4, -0.2) is 20.3 Å². The molecule has 4 heteroatoms. The van der Waals surface area contributed by atoms with Crippen molar-refractivity contribution in [3.8, 4) is 0 Å². The monoisotopic (exact) mass is 237 g/mol. The van der Waals surface area contributed by atoms with Crippen molar-refractivity contribution in [3.05, 3.63) is 60.3 Å². The Morgan fingerprint density at radius 2 is 2.11 bits per heavy atom. The Morgan fingerprint density at radius 3 is 2.89 bits per heavy atom. The summed E-state index contributed by atoms with van der Waals surface area (Å²) < 4.78 is 1.76. The molecule has 0 aliphatic heterocycles. The number of aryl methyl sites for hydroxylation is 1. The molecule has 18 heavy (non-hydrogen) atoms. The Balaban J connectivity index is 2.06. The molecule has 0 spiro atoms. The summed E-state index contributed by atoms with van der Waals surface area (Å²) in [5, 5.41) is 1.02. The molecule has 0 saturated carbocycles. The molecule has 0 aliphatic rings. The minimum absolute atomic E-state index is 0.0804. The van der Waals surface area contributed by atoms with Gasteiger partial charge < -0.3 is 4.57 Å². The Labute approximate surface area is 104 Å². The summed E-state index contributed by atoms with van der Waals surface area (Å²) in [7, 11) is 1.84. The molecule has 2 heterocycles. The van der Waals surface area contributed by atoms with E-state index in [4.69, 9.17) is 0 Å². The number of imidazole rings is 1. The molecule has 0 aliphatic carbocycles. The normalized spacial score (nSPS) is 10.7. The number of ketones is 1. The van der Waals surface area contributed by atoms with E-state index in [1.165, 1.54) is 0 Å². The number of benzene rings is 1. The topological polar surface area (TPSA) is 47.8 Å².